The Hall–Kier alpha value is -0.670. The van der Waals surface area contributed by atoms with Gasteiger partial charge in [-0.2, -0.15) is 0 Å². The van der Waals surface area contributed by atoms with E-state index in [-0.39, 0.29) is 6.04 Å². The fourth-order valence-corrected chi connectivity index (χ4v) is 2.69. The van der Waals surface area contributed by atoms with Gasteiger partial charge in [0.1, 0.15) is 0 Å². The van der Waals surface area contributed by atoms with Crippen LogP contribution in [-0.4, -0.2) is 17.0 Å². The second kappa shape index (κ2) is 5.11. The van der Waals surface area contributed by atoms with Crippen LogP contribution in [0.15, 0.2) is 29.3 Å². The van der Waals surface area contributed by atoms with Crippen LogP contribution < -0.4 is 5.32 Å². The van der Waals surface area contributed by atoms with E-state index >= 15 is 0 Å². The molecule has 4 heteroatoms. The normalized spacial score (nSPS) is 21.7. The molecule has 2 atom stereocenters. The molecule has 0 fully saturated rings. The van der Waals surface area contributed by atoms with E-state index in [2.05, 4.69) is 24.2 Å². The van der Waals surface area contributed by atoms with Crippen LogP contribution in [0, 0.1) is 0 Å². The van der Waals surface area contributed by atoms with Crippen LogP contribution in [0.4, 0.5) is 0 Å². The van der Waals surface area contributed by atoms with Gasteiger partial charge < -0.3 is 5.32 Å². The van der Waals surface area contributed by atoms with Crippen molar-refractivity contribution < 1.29 is 0 Å². The number of hydrogen-bond acceptors (Lipinski definition) is 3. The minimum atomic E-state index is 0.272. The third kappa shape index (κ3) is 2.92. The summed E-state index contributed by atoms with van der Waals surface area (Å²) in [5, 5.41) is 5.24. The molecule has 0 saturated heterocycles. The third-order valence-corrected chi connectivity index (χ3v) is 3.91. The maximum absolute atomic E-state index is 5.86. The Morgan fingerprint density at radius 1 is 1.44 bits per heavy atom. The van der Waals surface area contributed by atoms with Crippen molar-refractivity contribution in [2.45, 2.75) is 25.9 Å². The average molecular weight is 255 g/mol. The summed E-state index contributed by atoms with van der Waals surface area (Å²) in [6.07, 6.45) is 0. The SMILES string of the molecule is CC1CSC(NC(C)c2ccc(Cl)cc2)=N1. The summed E-state index contributed by atoms with van der Waals surface area (Å²) in [5.74, 6) is 1.08. The molecule has 0 saturated carbocycles. The number of benzene rings is 1. The van der Waals surface area contributed by atoms with Crippen molar-refractivity contribution in [3.8, 4) is 0 Å². The molecule has 1 heterocycles. The lowest BCUT2D eigenvalue weighted by atomic mass is 10.1. The fraction of sp³-hybridized carbons (Fsp3) is 0.417. The summed E-state index contributed by atoms with van der Waals surface area (Å²) in [4.78, 5) is 4.51. The van der Waals surface area contributed by atoms with Crippen LogP contribution in [0.25, 0.3) is 0 Å². The summed E-state index contributed by atoms with van der Waals surface area (Å²) < 4.78 is 0. The summed E-state index contributed by atoms with van der Waals surface area (Å²) in [6, 6.07) is 8.63. The van der Waals surface area contributed by atoms with Crippen LogP contribution in [-0.2, 0) is 0 Å². The molecular formula is C12H15ClN2S. The zero-order valence-electron chi connectivity index (χ0n) is 9.40. The van der Waals surface area contributed by atoms with Gasteiger partial charge in [-0.1, -0.05) is 35.5 Å². The number of thioether (sulfide) groups is 1. The maximum Gasteiger partial charge on any atom is 0.157 e. The van der Waals surface area contributed by atoms with Gasteiger partial charge in [0.15, 0.2) is 5.17 Å². The Morgan fingerprint density at radius 2 is 2.12 bits per heavy atom. The predicted molar refractivity (Wildman–Crippen MR) is 72.4 cm³/mol. The second-order valence-corrected chi connectivity index (χ2v) is 5.46. The average Bonchev–Trinajstić information content (AvgIpc) is 2.65. The van der Waals surface area contributed by atoms with Crippen LogP contribution in [0.5, 0.6) is 0 Å². The Morgan fingerprint density at radius 3 is 2.69 bits per heavy atom. The van der Waals surface area contributed by atoms with Crippen molar-refractivity contribution in [3.63, 3.8) is 0 Å². The van der Waals surface area contributed by atoms with Crippen molar-refractivity contribution in [2.75, 3.05) is 5.75 Å². The van der Waals surface area contributed by atoms with Gasteiger partial charge in [-0.05, 0) is 31.5 Å². The first-order valence-corrected chi connectivity index (χ1v) is 6.74. The third-order valence-electron chi connectivity index (χ3n) is 2.51. The number of hydrogen-bond donors (Lipinski definition) is 1. The van der Waals surface area contributed by atoms with E-state index in [1.165, 1.54) is 5.56 Å². The Bertz CT molecular complexity index is 389. The summed E-state index contributed by atoms with van der Waals surface area (Å²) >= 11 is 7.65. The molecule has 0 spiro atoms. The van der Waals surface area contributed by atoms with Gasteiger partial charge in [-0.3, -0.25) is 4.99 Å². The van der Waals surface area contributed by atoms with E-state index in [9.17, 15) is 0 Å². The fourth-order valence-electron chi connectivity index (χ4n) is 1.57. The number of nitrogens with zero attached hydrogens (tertiary/aromatic N) is 1. The number of amidine groups is 1. The molecule has 1 aromatic rings. The van der Waals surface area contributed by atoms with Gasteiger partial charge in [0.2, 0.25) is 0 Å². The molecule has 0 radical (unpaired) electrons. The van der Waals surface area contributed by atoms with Gasteiger partial charge in [-0.15, -0.1) is 0 Å². The number of halogens is 1. The highest BCUT2D eigenvalue weighted by Gasteiger charge is 2.15. The van der Waals surface area contributed by atoms with Crippen LogP contribution in [0.2, 0.25) is 5.02 Å². The molecule has 2 rings (SSSR count). The zero-order valence-corrected chi connectivity index (χ0v) is 11.0. The molecular weight excluding hydrogens is 240 g/mol. The molecule has 2 unspecified atom stereocenters. The van der Waals surface area contributed by atoms with E-state index in [4.69, 9.17) is 11.6 Å². The van der Waals surface area contributed by atoms with Crippen molar-refractivity contribution in [1.82, 2.24) is 5.32 Å². The first kappa shape index (κ1) is 11.8. The lowest BCUT2D eigenvalue weighted by Crippen LogP contribution is -2.22. The lowest BCUT2D eigenvalue weighted by molar-refractivity contribution is 0.718. The van der Waals surface area contributed by atoms with Gasteiger partial charge in [-0.25, -0.2) is 0 Å². The van der Waals surface area contributed by atoms with Gasteiger partial charge in [0, 0.05) is 10.8 Å². The molecule has 0 aliphatic carbocycles. The Labute approximate surface area is 105 Å². The lowest BCUT2D eigenvalue weighted by Gasteiger charge is -2.14. The molecule has 16 heavy (non-hydrogen) atoms. The predicted octanol–water partition coefficient (Wildman–Crippen LogP) is 3.48. The largest absolute Gasteiger partial charge is 0.358 e. The highest BCUT2D eigenvalue weighted by molar-refractivity contribution is 8.14. The second-order valence-electron chi connectivity index (χ2n) is 4.01. The van der Waals surface area contributed by atoms with Gasteiger partial charge in [0.05, 0.1) is 12.1 Å². The minimum absolute atomic E-state index is 0.272. The summed E-state index contributed by atoms with van der Waals surface area (Å²) in [7, 11) is 0. The molecule has 86 valence electrons. The topological polar surface area (TPSA) is 24.4 Å². The van der Waals surface area contributed by atoms with Crippen molar-refractivity contribution in [1.29, 1.82) is 0 Å². The van der Waals surface area contributed by atoms with Gasteiger partial charge in [0.25, 0.3) is 0 Å². The molecule has 0 aromatic heterocycles. The Kier molecular flexibility index (Phi) is 3.77. The number of rotatable bonds is 2. The monoisotopic (exact) mass is 254 g/mol. The molecule has 2 nitrogen and oxygen atoms in total. The van der Waals surface area contributed by atoms with Crippen molar-refractivity contribution in [3.05, 3.63) is 34.9 Å². The first-order valence-electron chi connectivity index (χ1n) is 5.38. The number of aliphatic imine (C=N–C) groups is 1. The minimum Gasteiger partial charge on any atom is -0.358 e. The van der Waals surface area contributed by atoms with E-state index in [0.717, 1.165) is 15.9 Å². The molecule has 0 bridgehead atoms. The quantitative estimate of drug-likeness (QED) is 0.874. The van der Waals surface area contributed by atoms with E-state index in [1.807, 2.05) is 24.3 Å². The van der Waals surface area contributed by atoms with E-state index in [0.29, 0.717) is 6.04 Å². The highest BCUT2D eigenvalue weighted by atomic mass is 35.5. The molecule has 0 amide bonds. The first-order chi connectivity index (χ1) is 7.65. The van der Waals surface area contributed by atoms with E-state index in [1.54, 1.807) is 11.8 Å². The van der Waals surface area contributed by atoms with Crippen LogP contribution in [0.1, 0.15) is 25.5 Å². The molecule has 1 aromatic carbocycles. The van der Waals surface area contributed by atoms with Crippen LogP contribution >= 0.6 is 23.4 Å². The van der Waals surface area contributed by atoms with Crippen molar-refractivity contribution in [2.24, 2.45) is 4.99 Å². The smallest absolute Gasteiger partial charge is 0.157 e. The standard InChI is InChI=1S/C12H15ClN2S/c1-8-7-16-12(14-8)15-9(2)10-3-5-11(13)6-4-10/h3-6,8-9H,7H2,1-2H3,(H,14,15). The number of nitrogens with one attached hydrogen (secondary N) is 1. The Balaban J connectivity index is 2.00. The van der Waals surface area contributed by atoms with Crippen LogP contribution in [0.3, 0.4) is 0 Å². The van der Waals surface area contributed by atoms with E-state index < -0.39 is 0 Å². The summed E-state index contributed by atoms with van der Waals surface area (Å²) in [6.45, 7) is 4.27. The maximum atomic E-state index is 5.86. The molecule has 1 aliphatic rings. The molecule has 1 aliphatic heterocycles. The zero-order chi connectivity index (χ0) is 11.5. The highest BCUT2D eigenvalue weighted by Crippen LogP contribution is 2.20. The summed E-state index contributed by atoms with van der Waals surface area (Å²) in [5.41, 5.74) is 1.23. The molecule has 1 N–H and O–H groups in total. The van der Waals surface area contributed by atoms with Gasteiger partial charge >= 0.3 is 0 Å². The van der Waals surface area contributed by atoms with Crippen molar-refractivity contribution >= 4 is 28.5 Å².